The molecule has 0 heterocycles. The molecule has 0 radical (unpaired) electrons. The summed E-state index contributed by atoms with van der Waals surface area (Å²) < 4.78 is 5.29. The maximum Gasteiger partial charge on any atom is 0.317 e. The van der Waals surface area contributed by atoms with E-state index < -0.39 is 11.4 Å². The van der Waals surface area contributed by atoms with E-state index in [-0.39, 0.29) is 5.78 Å². The van der Waals surface area contributed by atoms with Crippen molar-refractivity contribution in [2.45, 2.75) is 45.4 Å². The third-order valence-corrected chi connectivity index (χ3v) is 3.22. The Bertz CT molecular complexity index is 262. The van der Waals surface area contributed by atoms with Crippen LogP contribution in [0.2, 0.25) is 0 Å². The van der Waals surface area contributed by atoms with E-state index in [0.29, 0.717) is 32.5 Å². The van der Waals surface area contributed by atoms with Gasteiger partial charge in [0.25, 0.3) is 0 Å². The van der Waals surface area contributed by atoms with Gasteiger partial charge in [0.1, 0.15) is 11.2 Å². The van der Waals surface area contributed by atoms with Crippen molar-refractivity contribution in [3.63, 3.8) is 0 Å². The fourth-order valence-electron chi connectivity index (χ4n) is 2.18. The van der Waals surface area contributed by atoms with Crippen LogP contribution in [-0.2, 0) is 14.3 Å². The molecule has 16 heavy (non-hydrogen) atoms. The van der Waals surface area contributed by atoms with Gasteiger partial charge in [-0.1, -0.05) is 13.3 Å². The van der Waals surface area contributed by atoms with Gasteiger partial charge in [-0.25, -0.2) is 0 Å². The summed E-state index contributed by atoms with van der Waals surface area (Å²) in [5.41, 5.74) is -1.16. The molecule has 1 aliphatic carbocycles. The molecule has 4 nitrogen and oxygen atoms in total. The molecule has 0 aromatic heterocycles. The number of carbonyl (C=O) groups excluding carboxylic acids is 1. The van der Waals surface area contributed by atoms with Crippen LogP contribution in [0.4, 0.5) is 0 Å². The van der Waals surface area contributed by atoms with Gasteiger partial charge in [0.2, 0.25) is 0 Å². The Morgan fingerprint density at radius 3 is 2.75 bits per heavy atom. The van der Waals surface area contributed by atoms with E-state index in [0.717, 1.165) is 19.3 Å². The van der Waals surface area contributed by atoms with Gasteiger partial charge in [-0.2, -0.15) is 0 Å². The molecule has 1 rings (SSSR count). The molecule has 1 saturated carbocycles. The molecule has 0 aliphatic heterocycles. The molecular formula is C12H20O4. The van der Waals surface area contributed by atoms with Crippen molar-refractivity contribution >= 4 is 11.8 Å². The summed E-state index contributed by atoms with van der Waals surface area (Å²) in [6, 6.07) is 0. The maximum absolute atomic E-state index is 11.8. The molecular weight excluding hydrogens is 208 g/mol. The van der Waals surface area contributed by atoms with Crippen LogP contribution in [0, 0.1) is 5.41 Å². The van der Waals surface area contributed by atoms with Gasteiger partial charge < -0.3 is 9.84 Å². The second-order valence-corrected chi connectivity index (χ2v) is 4.38. The first-order chi connectivity index (χ1) is 7.63. The number of carboxylic acid groups (broad SMARTS) is 1. The van der Waals surface area contributed by atoms with Crippen molar-refractivity contribution in [3.8, 4) is 0 Å². The molecule has 0 aromatic carbocycles. The molecule has 92 valence electrons. The van der Waals surface area contributed by atoms with Crippen LogP contribution in [0.3, 0.4) is 0 Å². The Labute approximate surface area is 96.0 Å². The van der Waals surface area contributed by atoms with Crippen LogP contribution in [0.15, 0.2) is 0 Å². The highest BCUT2D eigenvalue weighted by atomic mass is 16.5. The molecule has 0 amide bonds. The number of hydrogen-bond donors (Lipinski definition) is 1. The molecule has 1 fully saturated rings. The highest BCUT2D eigenvalue weighted by Crippen LogP contribution is 2.36. The third kappa shape index (κ3) is 2.82. The molecule has 0 spiro atoms. The molecule has 1 N–H and O–H groups in total. The quantitative estimate of drug-likeness (QED) is 0.558. The van der Waals surface area contributed by atoms with Gasteiger partial charge in [-0.15, -0.1) is 0 Å². The number of carbonyl (C=O) groups is 2. The highest BCUT2D eigenvalue weighted by molar-refractivity contribution is 6.03. The molecule has 1 atom stereocenters. The maximum atomic E-state index is 11.8. The van der Waals surface area contributed by atoms with E-state index >= 15 is 0 Å². The first kappa shape index (κ1) is 13.2. The van der Waals surface area contributed by atoms with E-state index in [4.69, 9.17) is 4.74 Å². The Hall–Kier alpha value is -0.900. The van der Waals surface area contributed by atoms with Gasteiger partial charge in [-0.05, 0) is 25.7 Å². The Morgan fingerprint density at radius 2 is 2.19 bits per heavy atom. The zero-order chi connectivity index (χ0) is 12.0. The van der Waals surface area contributed by atoms with Gasteiger partial charge in [-0.3, -0.25) is 9.59 Å². The van der Waals surface area contributed by atoms with Crippen molar-refractivity contribution in [1.29, 1.82) is 0 Å². The minimum Gasteiger partial charge on any atom is -0.480 e. The zero-order valence-corrected chi connectivity index (χ0v) is 9.83. The normalized spacial score (nSPS) is 25.7. The number of hydrogen-bond acceptors (Lipinski definition) is 3. The predicted octanol–water partition coefficient (Wildman–Crippen LogP) is 2.02. The molecule has 4 heteroatoms. The lowest BCUT2D eigenvalue weighted by Gasteiger charge is -2.31. The van der Waals surface area contributed by atoms with Crippen LogP contribution in [0.25, 0.3) is 0 Å². The largest absolute Gasteiger partial charge is 0.480 e. The van der Waals surface area contributed by atoms with E-state index in [1.807, 2.05) is 6.92 Å². The number of rotatable bonds is 6. The second kappa shape index (κ2) is 5.99. The van der Waals surface area contributed by atoms with Crippen molar-refractivity contribution in [2.24, 2.45) is 5.41 Å². The molecule has 1 unspecified atom stereocenters. The topological polar surface area (TPSA) is 63.6 Å². The molecule has 1 aliphatic rings. The lowest BCUT2D eigenvalue weighted by atomic mass is 9.71. The summed E-state index contributed by atoms with van der Waals surface area (Å²) in [6.45, 7) is 2.99. The SMILES string of the molecule is CCCOCCC1(C(=O)O)CCCCC1=O. The molecule has 0 aromatic rings. The first-order valence-corrected chi connectivity index (χ1v) is 5.98. The minimum atomic E-state index is -1.16. The summed E-state index contributed by atoms with van der Waals surface area (Å²) in [6.07, 6.45) is 3.75. The van der Waals surface area contributed by atoms with Crippen molar-refractivity contribution < 1.29 is 19.4 Å². The Kier molecular flexibility index (Phi) is 4.93. The molecule has 0 saturated heterocycles. The smallest absolute Gasteiger partial charge is 0.317 e. The van der Waals surface area contributed by atoms with Gasteiger partial charge in [0.05, 0.1) is 0 Å². The first-order valence-electron chi connectivity index (χ1n) is 5.98. The average molecular weight is 228 g/mol. The summed E-state index contributed by atoms with van der Waals surface area (Å²) in [4.78, 5) is 23.1. The lowest BCUT2D eigenvalue weighted by Crippen LogP contribution is -2.42. The number of Topliss-reactive ketones (excluding diaryl/α,β-unsaturated/α-hetero) is 1. The summed E-state index contributed by atoms with van der Waals surface area (Å²) in [5, 5.41) is 9.24. The minimum absolute atomic E-state index is 0.119. The third-order valence-electron chi connectivity index (χ3n) is 3.22. The van der Waals surface area contributed by atoms with Gasteiger partial charge >= 0.3 is 5.97 Å². The summed E-state index contributed by atoms with van der Waals surface area (Å²) >= 11 is 0. The average Bonchev–Trinajstić information content (AvgIpc) is 2.26. The van der Waals surface area contributed by atoms with Crippen molar-refractivity contribution in [1.82, 2.24) is 0 Å². The van der Waals surface area contributed by atoms with E-state index in [2.05, 4.69) is 0 Å². The number of aliphatic carboxylic acids is 1. The zero-order valence-electron chi connectivity index (χ0n) is 9.83. The van der Waals surface area contributed by atoms with Gasteiger partial charge in [0.15, 0.2) is 0 Å². The second-order valence-electron chi connectivity index (χ2n) is 4.38. The lowest BCUT2D eigenvalue weighted by molar-refractivity contribution is -0.158. The van der Waals surface area contributed by atoms with Crippen molar-refractivity contribution in [3.05, 3.63) is 0 Å². The van der Waals surface area contributed by atoms with E-state index in [1.165, 1.54) is 0 Å². The Morgan fingerprint density at radius 1 is 1.44 bits per heavy atom. The summed E-state index contributed by atoms with van der Waals surface area (Å²) in [7, 11) is 0. The van der Waals surface area contributed by atoms with Crippen LogP contribution in [0.5, 0.6) is 0 Å². The van der Waals surface area contributed by atoms with E-state index in [9.17, 15) is 14.7 Å². The predicted molar refractivity (Wildman–Crippen MR) is 59.3 cm³/mol. The highest BCUT2D eigenvalue weighted by Gasteiger charge is 2.46. The number of ketones is 1. The fourth-order valence-corrected chi connectivity index (χ4v) is 2.18. The number of carboxylic acids is 1. The molecule has 0 bridgehead atoms. The van der Waals surface area contributed by atoms with Crippen LogP contribution < -0.4 is 0 Å². The fraction of sp³-hybridized carbons (Fsp3) is 0.833. The van der Waals surface area contributed by atoms with Gasteiger partial charge in [0, 0.05) is 19.6 Å². The Balaban J connectivity index is 2.57. The number of ether oxygens (including phenoxy) is 1. The standard InChI is InChI=1S/C12H20O4/c1-2-8-16-9-7-12(11(14)15)6-4-3-5-10(12)13/h2-9H2,1H3,(H,14,15). The van der Waals surface area contributed by atoms with Crippen LogP contribution in [-0.4, -0.2) is 30.1 Å². The monoisotopic (exact) mass is 228 g/mol. The van der Waals surface area contributed by atoms with Crippen molar-refractivity contribution in [2.75, 3.05) is 13.2 Å². The summed E-state index contributed by atoms with van der Waals surface area (Å²) in [5.74, 6) is -1.09. The van der Waals surface area contributed by atoms with E-state index in [1.54, 1.807) is 0 Å². The van der Waals surface area contributed by atoms with Crippen LogP contribution >= 0.6 is 0 Å². The van der Waals surface area contributed by atoms with Crippen LogP contribution in [0.1, 0.15) is 45.4 Å².